The topological polar surface area (TPSA) is 68.5 Å². The van der Waals surface area contributed by atoms with Gasteiger partial charge < -0.3 is 14.2 Å². The number of benzene rings is 1. The minimum Gasteiger partial charge on any atom is -0.497 e. The Hall–Kier alpha value is -2.37. The van der Waals surface area contributed by atoms with Gasteiger partial charge in [-0.2, -0.15) is 4.98 Å². The van der Waals surface area contributed by atoms with Gasteiger partial charge in [0.1, 0.15) is 11.8 Å². The van der Waals surface area contributed by atoms with Gasteiger partial charge in [-0.05, 0) is 56.4 Å². The average Bonchev–Trinajstić information content (AvgIpc) is 3.24. The van der Waals surface area contributed by atoms with E-state index in [1.165, 1.54) is 0 Å². The highest BCUT2D eigenvalue weighted by Crippen LogP contribution is 2.33. The maximum atomic E-state index is 13.2. The number of carbonyl (C=O) groups excluding carboxylic acids is 1. The Balaban J connectivity index is 1.78. The second kappa shape index (κ2) is 9.71. The summed E-state index contributed by atoms with van der Waals surface area (Å²) in [5.74, 6) is 2.21. The lowest BCUT2D eigenvalue weighted by Gasteiger charge is -2.35. The summed E-state index contributed by atoms with van der Waals surface area (Å²) in [7, 11) is 1.64. The number of piperidine rings is 1. The number of nitrogens with zero attached hydrogens (tertiary/aromatic N) is 3. The summed E-state index contributed by atoms with van der Waals surface area (Å²) in [6.45, 7) is 5.04. The molecule has 0 radical (unpaired) electrons. The Morgan fingerprint density at radius 1 is 1.29 bits per heavy atom. The zero-order valence-electron chi connectivity index (χ0n) is 17.2. The fraction of sp³-hybridized carbons (Fsp3) is 0.591. The number of rotatable bonds is 8. The van der Waals surface area contributed by atoms with Crippen molar-refractivity contribution in [1.29, 1.82) is 0 Å². The van der Waals surface area contributed by atoms with E-state index in [1.54, 1.807) is 7.11 Å². The number of hydrogen-bond acceptors (Lipinski definition) is 5. The summed E-state index contributed by atoms with van der Waals surface area (Å²) in [5, 5.41) is 4.16. The van der Waals surface area contributed by atoms with Crippen molar-refractivity contribution in [1.82, 2.24) is 15.0 Å². The van der Waals surface area contributed by atoms with Gasteiger partial charge in [-0.15, -0.1) is 0 Å². The molecule has 2 aromatic rings. The molecule has 6 heteroatoms. The van der Waals surface area contributed by atoms with Crippen LogP contribution in [-0.4, -0.2) is 34.6 Å². The van der Waals surface area contributed by atoms with Gasteiger partial charge in [-0.1, -0.05) is 31.8 Å². The molecule has 152 valence electrons. The Labute approximate surface area is 167 Å². The normalized spacial score (nSPS) is 18.1. The Morgan fingerprint density at radius 2 is 2.07 bits per heavy atom. The number of carbonyl (C=O) groups is 1. The summed E-state index contributed by atoms with van der Waals surface area (Å²) in [6, 6.07) is 7.46. The molecular weight excluding hydrogens is 354 g/mol. The largest absolute Gasteiger partial charge is 0.497 e. The number of amides is 1. The smallest absolute Gasteiger partial charge is 0.249 e. The number of hydrogen-bond donors (Lipinski definition) is 0. The van der Waals surface area contributed by atoms with E-state index in [-0.39, 0.29) is 17.9 Å². The maximum Gasteiger partial charge on any atom is 0.249 e. The van der Waals surface area contributed by atoms with Gasteiger partial charge in [0, 0.05) is 18.0 Å². The van der Waals surface area contributed by atoms with Crippen molar-refractivity contribution in [3.8, 4) is 17.1 Å². The molecule has 1 aliphatic heterocycles. The number of unbranched alkanes of at least 4 members (excludes halogenated alkanes) is 1. The van der Waals surface area contributed by atoms with Crippen molar-refractivity contribution in [3.05, 3.63) is 30.2 Å². The van der Waals surface area contributed by atoms with Crippen LogP contribution < -0.4 is 4.74 Å². The molecule has 2 heterocycles. The molecule has 1 amide bonds. The van der Waals surface area contributed by atoms with Crippen LogP contribution in [0.15, 0.2) is 28.8 Å². The lowest BCUT2D eigenvalue weighted by Crippen LogP contribution is -2.42. The highest BCUT2D eigenvalue weighted by Gasteiger charge is 2.34. The van der Waals surface area contributed by atoms with Crippen molar-refractivity contribution in [2.75, 3.05) is 13.7 Å². The fourth-order valence-electron chi connectivity index (χ4n) is 3.87. The summed E-state index contributed by atoms with van der Waals surface area (Å²) in [6.07, 6.45) is 7.01. The van der Waals surface area contributed by atoms with Crippen LogP contribution in [0.5, 0.6) is 5.75 Å². The maximum absolute atomic E-state index is 13.2. The molecule has 1 aromatic carbocycles. The minimum atomic E-state index is -0.114. The fourth-order valence-corrected chi connectivity index (χ4v) is 3.87. The predicted octanol–water partition coefficient (Wildman–Crippen LogP) is 5.02. The molecule has 0 N–H and O–H groups in total. The lowest BCUT2D eigenvalue weighted by molar-refractivity contribution is -0.140. The van der Waals surface area contributed by atoms with Gasteiger partial charge in [0.25, 0.3) is 0 Å². The first-order valence-corrected chi connectivity index (χ1v) is 10.5. The first kappa shape index (κ1) is 20.4. The highest BCUT2D eigenvalue weighted by molar-refractivity contribution is 5.79. The van der Waals surface area contributed by atoms with Gasteiger partial charge in [0.15, 0.2) is 0 Å². The van der Waals surface area contributed by atoms with Crippen molar-refractivity contribution in [3.63, 3.8) is 0 Å². The van der Waals surface area contributed by atoms with Crippen molar-refractivity contribution >= 4 is 5.91 Å². The monoisotopic (exact) mass is 385 g/mol. The van der Waals surface area contributed by atoms with E-state index in [0.29, 0.717) is 11.7 Å². The third-order valence-electron chi connectivity index (χ3n) is 5.61. The quantitative estimate of drug-likeness (QED) is 0.638. The minimum absolute atomic E-state index is 0.0875. The van der Waals surface area contributed by atoms with E-state index >= 15 is 0 Å². The zero-order valence-corrected chi connectivity index (χ0v) is 17.2. The molecule has 0 aliphatic carbocycles. The molecule has 3 rings (SSSR count). The van der Waals surface area contributed by atoms with Crippen LogP contribution in [0, 0.1) is 5.92 Å². The van der Waals surface area contributed by atoms with E-state index in [4.69, 9.17) is 9.26 Å². The molecule has 1 aliphatic rings. The van der Waals surface area contributed by atoms with Crippen LogP contribution in [0.1, 0.15) is 70.7 Å². The molecule has 28 heavy (non-hydrogen) atoms. The van der Waals surface area contributed by atoms with Gasteiger partial charge >= 0.3 is 0 Å². The summed E-state index contributed by atoms with van der Waals surface area (Å²) in [5.41, 5.74) is 0.874. The van der Waals surface area contributed by atoms with E-state index < -0.39 is 0 Å². The molecular formula is C22H31N3O3. The number of likely N-dealkylation sites (tertiary alicyclic amines) is 1. The van der Waals surface area contributed by atoms with Crippen LogP contribution in [0.25, 0.3) is 11.4 Å². The lowest BCUT2D eigenvalue weighted by atomic mass is 9.94. The average molecular weight is 386 g/mol. The van der Waals surface area contributed by atoms with Gasteiger partial charge in [0.2, 0.25) is 17.6 Å². The summed E-state index contributed by atoms with van der Waals surface area (Å²) in [4.78, 5) is 19.8. The Kier molecular flexibility index (Phi) is 7.06. The first-order valence-electron chi connectivity index (χ1n) is 10.5. The van der Waals surface area contributed by atoms with Crippen molar-refractivity contribution in [2.45, 2.75) is 64.8 Å². The van der Waals surface area contributed by atoms with Crippen LogP contribution in [0.4, 0.5) is 0 Å². The molecule has 1 saturated heterocycles. The SMILES string of the molecule is CCCC[C@@H](CC)C(=O)N1CCCC[C@@H]1c1nc(-c2ccc(OC)cc2)no1. The van der Waals surface area contributed by atoms with E-state index in [9.17, 15) is 4.79 Å². The molecule has 1 fully saturated rings. The van der Waals surface area contributed by atoms with Crippen LogP contribution in [0.3, 0.4) is 0 Å². The standard InChI is InChI=1S/C22H31N3O3/c1-4-6-9-16(5-2)22(26)25-15-8-7-10-19(25)21-23-20(24-28-21)17-11-13-18(27-3)14-12-17/h11-14,16,19H,4-10,15H2,1-3H3/t16-,19-/m1/s1. The Bertz CT molecular complexity index is 757. The van der Waals surface area contributed by atoms with E-state index in [2.05, 4.69) is 24.0 Å². The van der Waals surface area contributed by atoms with Crippen molar-refractivity contribution < 1.29 is 14.1 Å². The molecule has 0 saturated carbocycles. The van der Waals surface area contributed by atoms with Crippen LogP contribution in [-0.2, 0) is 4.79 Å². The zero-order chi connectivity index (χ0) is 19.9. The third-order valence-corrected chi connectivity index (χ3v) is 5.61. The van der Waals surface area contributed by atoms with Crippen LogP contribution >= 0.6 is 0 Å². The highest BCUT2D eigenvalue weighted by atomic mass is 16.5. The van der Waals surface area contributed by atoms with Gasteiger partial charge in [-0.25, -0.2) is 0 Å². The summed E-state index contributed by atoms with van der Waals surface area (Å²) >= 11 is 0. The molecule has 0 spiro atoms. The number of aromatic nitrogens is 2. The van der Waals surface area contributed by atoms with Crippen LogP contribution in [0.2, 0.25) is 0 Å². The molecule has 1 aromatic heterocycles. The Morgan fingerprint density at radius 3 is 2.75 bits per heavy atom. The second-order valence-corrected chi connectivity index (χ2v) is 7.48. The molecule has 2 atom stereocenters. The van der Waals surface area contributed by atoms with E-state index in [1.807, 2.05) is 29.2 Å². The van der Waals surface area contributed by atoms with Gasteiger partial charge in [-0.3, -0.25) is 4.79 Å². The third kappa shape index (κ3) is 4.54. The van der Waals surface area contributed by atoms with E-state index in [0.717, 1.165) is 62.8 Å². The predicted molar refractivity (Wildman–Crippen MR) is 108 cm³/mol. The number of methoxy groups -OCH3 is 1. The van der Waals surface area contributed by atoms with Gasteiger partial charge in [0.05, 0.1) is 7.11 Å². The first-order chi connectivity index (χ1) is 13.7. The summed E-state index contributed by atoms with van der Waals surface area (Å²) < 4.78 is 10.8. The molecule has 0 unspecified atom stereocenters. The molecule has 0 bridgehead atoms. The molecule has 6 nitrogen and oxygen atoms in total. The van der Waals surface area contributed by atoms with Crippen molar-refractivity contribution in [2.24, 2.45) is 5.92 Å². The number of ether oxygens (including phenoxy) is 1. The second-order valence-electron chi connectivity index (χ2n) is 7.48.